The fourth-order valence-corrected chi connectivity index (χ4v) is 4.05. The molecular formula is C23H27N3O3. The molecule has 1 fully saturated rings. The highest BCUT2D eigenvalue weighted by atomic mass is 16.4. The minimum absolute atomic E-state index is 0.0261. The van der Waals surface area contributed by atoms with Crippen molar-refractivity contribution in [3.63, 3.8) is 0 Å². The zero-order valence-corrected chi connectivity index (χ0v) is 17.1. The third-order valence-corrected chi connectivity index (χ3v) is 6.19. The molecule has 2 aromatic carbocycles. The molecule has 0 radical (unpaired) electrons. The summed E-state index contributed by atoms with van der Waals surface area (Å²) < 4.78 is 5.16. The third-order valence-electron chi connectivity index (χ3n) is 6.19. The maximum absolute atomic E-state index is 12.8. The summed E-state index contributed by atoms with van der Waals surface area (Å²) in [5.41, 5.74) is 3.49. The number of amides is 1. The van der Waals surface area contributed by atoms with Crippen LogP contribution in [-0.2, 0) is 16.6 Å². The van der Waals surface area contributed by atoms with Gasteiger partial charge in [0.05, 0.1) is 5.52 Å². The molecular weight excluding hydrogens is 366 g/mol. The van der Waals surface area contributed by atoms with Gasteiger partial charge in [0.1, 0.15) is 0 Å². The lowest BCUT2D eigenvalue weighted by Crippen LogP contribution is -2.42. The molecule has 0 aliphatic heterocycles. The van der Waals surface area contributed by atoms with Gasteiger partial charge in [0.2, 0.25) is 5.91 Å². The zero-order valence-electron chi connectivity index (χ0n) is 17.1. The van der Waals surface area contributed by atoms with Gasteiger partial charge < -0.3 is 14.6 Å². The van der Waals surface area contributed by atoms with Crippen molar-refractivity contribution in [2.24, 2.45) is 5.92 Å². The highest BCUT2D eigenvalue weighted by molar-refractivity contribution is 5.84. The number of benzene rings is 2. The molecule has 1 heterocycles. The number of nitrogens with zero attached hydrogens (tertiary/aromatic N) is 1. The molecule has 2 N–H and O–H groups in total. The van der Waals surface area contributed by atoms with E-state index in [-0.39, 0.29) is 23.3 Å². The lowest BCUT2D eigenvalue weighted by molar-refractivity contribution is -0.122. The van der Waals surface area contributed by atoms with E-state index in [9.17, 15) is 9.59 Å². The van der Waals surface area contributed by atoms with Gasteiger partial charge in [0.25, 0.3) is 0 Å². The number of aromatic amines is 1. The Bertz CT molecular complexity index is 1070. The van der Waals surface area contributed by atoms with Crippen molar-refractivity contribution in [2.75, 3.05) is 20.6 Å². The molecule has 152 valence electrons. The Hall–Kier alpha value is -2.86. The van der Waals surface area contributed by atoms with E-state index < -0.39 is 5.76 Å². The van der Waals surface area contributed by atoms with E-state index in [2.05, 4.69) is 34.3 Å². The minimum Gasteiger partial charge on any atom is -0.408 e. The van der Waals surface area contributed by atoms with Crippen molar-refractivity contribution in [3.8, 4) is 0 Å². The van der Waals surface area contributed by atoms with Crippen molar-refractivity contribution in [2.45, 2.75) is 31.2 Å². The van der Waals surface area contributed by atoms with Gasteiger partial charge in [-0.2, -0.15) is 0 Å². The second kappa shape index (κ2) is 7.52. The number of aromatic nitrogens is 1. The highest BCUT2D eigenvalue weighted by Crippen LogP contribution is 2.53. The zero-order chi connectivity index (χ0) is 20.6. The van der Waals surface area contributed by atoms with Crippen molar-refractivity contribution in [3.05, 3.63) is 70.2 Å². The molecule has 0 bridgehead atoms. The van der Waals surface area contributed by atoms with Crippen LogP contribution in [0.5, 0.6) is 0 Å². The van der Waals surface area contributed by atoms with Crippen LogP contribution < -0.4 is 11.1 Å². The van der Waals surface area contributed by atoms with E-state index >= 15 is 0 Å². The van der Waals surface area contributed by atoms with Gasteiger partial charge in [-0.15, -0.1) is 0 Å². The largest absolute Gasteiger partial charge is 0.417 e. The number of hydrogen-bond acceptors (Lipinski definition) is 4. The fraction of sp³-hybridized carbons (Fsp3) is 0.391. The van der Waals surface area contributed by atoms with Crippen molar-refractivity contribution < 1.29 is 9.21 Å². The predicted molar refractivity (Wildman–Crippen MR) is 113 cm³/mol. The summed E-state index contributed by atoms with van der Waals surface area (Å²) in [4.78, 5) is 28.9. The second-order valence-electron chi connectivity index (χ2n) is 8.45. The summed E-state index contributed by atoms with van der Waals surface area (Å²) in [5, 5.41) is 3.15. The van der Waals surface area contributed by atoms with Crippen molar-refractivity contribution in [1.29, 1.82) is 0 Å². The van der Waals surface area contributed by atoms with Crippen LogP contribution in [0, 0.1) is 5.92 Å². The highest BCUT2D eigenvalue weighted by Gasteiger charge is 2.55. The van der Waals surface area contributed by atoms with Gasteiger partial charge in [0.15, 0.2) is 5.58 Å². The number of fused-ring (bicyclic) bond motifs is 1. The summed E-state index contributed by atoms with van der Waals surface area (Å²) >= 11 is 0. The number of carbonyl (C=O) groups is 1. The molecule has 1 saturated carbocycles. The van der Waals surface area contributed by atoms with Gasteiger partial charge in [0, 0.05) is 23.9 Å². The van der Waals surface area contributed by atoms with Crippen LogP contribution >= 0.6 is 0 Å². The van der Waals surface area contributed by atoms with Crippen LogP contribution in [0.1, 0.15) is 24.5 Å². The Labute approximate surface area is 169 Å². The van der Waals surface area contributed by atoms with Crippen LogP contribution in [-0.4, -0.2) is 42.5 Å². The predicted octanol–water partition coefficient (Wildman–Crippen LogP) is 2.69. The van der Waals surface area contributed by atoms with Gasteiger partial charge >= 0.3 is 5.76 Å². The molecule has 1 unspecified atom stereocenters. The Kier molecular flexibility index (Phi) is 5.04. The van der Waals surface area contributed by atoms with Crippen molar-refractivity contribution in [1.82, 2.24) is 15.2 Å². The first kappa shape index (κ1) is 19.5. The number of hydrogen-bond donors (Lipinski definition) is 2. The van der Waals surface area contributed by atoms with E-state index in [1.54, 1.807) is 0 Å². The number of rotatable bonds is 7. The van der Waals surface area contributed by atoms with Gasteiger partial charge in [-0.25, -0.2) is 4.79 Å². The Balaban J connectivity index is 1.38. The molecule has 1 aromatic heterocycles. The number of likely N-dealkylation sites (N-methyl/N-ethyl adjacent to an activating group) is 1. The molecule has 0 spiro atoms. The van der Waals surface area contributed by atoms with Crippen LogP contribution in [0.2, 0.25) is 0 Å². The molecule has 0 saturated heterocycles. The lowest BCUT2D eigenvalue weighted by Gasteiger charge is -2.25. The van der Waals surface area contributed by atoms with Crippen molar-refractivity contribution >= 4 is 17.0 Å². The normalized spacial score (nSPS) is 22.0. The van der Waals surface area contributed by atoms with E-state index in [1.807, 2.05) is 50.5 Å². The van der Waals surface area contributed by atoms with Gasteiger partial charge in [-0.1, -0.05) is 43.3 Å². The molecule has 1 amide bonds. The summed E-state index contributed by atoms with van der Waals surface area (Å²) in [5.74, 6) is -0.298. The average Bonchev–Trinajstić information content (AvgIpc) is 3.26. The molecule has 1 aliphatic carbocycles. The molecule has 4 rings (SSSR count). The number of oxazole rings is 1. The molecule has 3 atom stereocenters. The van der Waals surface area contributed by atoms with Gasteiger partial charge in [-0.05, 0) is 50.2 Å². The topological polar surface area (TPSA) is 78.3 Å². The van der Waals surface area contributed by atoms with Crippen LogP contribution in [0.15, 0.2) is 57.7 Å². The van der Waals surface area contributed by atoms with E-state index in [0.717, 1.165) is 18.4 Å². The summed E-state index contributed by atoms with van der Waals surface area (Å²) in [6.07, 6.45) is 1.64. The van der Waals surface area contributed by atoms with E-state index in [0.29, 0.717) is 17.6 Å². The Morgan fingerprint density at radius 3 is 2.76 bits per heavy atom. The molecule has 29 heavy (non-hydrogen) atoms. The van der Waals surface area contributed by atoms with E-state index in [1.165, 1.54) is 5.56 Å². The quantitative estimate of drug-likeness (QED) is 0.647. The fourth-order valence-electron chi connectivity index (χ4n) is 4.05. The molecule has 1 aliphatic rings. The third kappa shape index (κ3) is 3.98. The summed E-state index contributed by atoms with van der Waals surface area (Å²) in [6, 6.07) is 16.1. The smallest absolute Gasteiger partial charge is 0.408 e. The minimum atomic E-state index is -0.445. The molecule has 3 aromatic rings. The average molecular weight is 393 g/mol. The monoisotopic (exact) mass is 393 g/mol. The van der Waals surface area contributed by atoms with Crippen LogP contribution in [0.25, 0.3) is 11.1 Å². The van der Waals surface area contributed by atoms with E-state index in [4.69, 9.17) is 4.42 Å². The first-order valence-corrected chi connectivity index (χ1v) is 9.98. The molecule has 6 heteroatoms. The SMILES string of the molecule is CN(C)C(CNC(=O)[C@@H]1C[C@@]1(C)c1ccccc1)Cc1ccc2[nH]c(=O)oc2c1. The Morgan fingerprint density at radius 1 is 1.28 bits per heavy atom. The first-order valence-electron chi connectivity index (χ1n) is 9.98. The standard InChI is InChI=1S/C23H27N3O3/c1-23(16-7-5-4-6-8-16)13-18(23)21(27)24-14-17(26(2)3)11-15-9-10-19-20(12-15)29-22(28)25-19/h4-10,12,17-18H,11,13-14H2,1-3H3,(H,24,27)(H,25,28)/t17?,18-,23-/m0/s1. The maximum Gasteiger partial charge on any atom is 0.417 e. The number of nitrogens with one attached hydrogen (secondary N) is 2. The maximum atomic E-state index is 12.8. The summed E-state index contributed by atoms with van der Waals surface area (Å²) in [6.45, 7) is 2.73. The second-order valence-corrected chi connectivity index (χ2v) is 8.45. The van der Waals surface area contributed by atoms with Crippen LogP contribution in [0.4, 0.5) is 0 Å². The van der Waals surface area contributed by atoms with Crippen LogP contribution in [0.3, 0.4) is 0 Å². The summed E-state index contributed by atoms with van der Waals surface area (Å²) in [7, 11) is 4.02. The molecule has 6 nitrogen and oxygen atoms in total. The number of H-pyrrole nitrogens is 1. The number of carbonyl (C=O) groups excluding carboxylic acids is 1. The van der Waals surface area contributed by atoms with Gasteiger partial charge in [-0.3, -0.25) is 9.78 Å². The Morgan fingerprint density at radius 2 is 2.03 bits per heavy atom. The lowest BCUT2D eigenvalue weighted by atomic mass is 9.95. The first-order chi connectivity index (χ1) is 13.9.